The average Bonchev–Trinajstić information content (AvgIpc) is 2.56. The monoisotopic (exact) mass is 213 g/mol. The van der Waals surface area contributed by atoms with Crippen LogP contribution in [0.1, 0.15) is 0 Å². The van der Waals surface area contributed by atoms with E-state index < -0.39 is 0 Å². The molecule has 0 saturated carbocycles. The van der Waals surface area contributed by atoms with Gasteiger partial charge in [0.2, 0.25) is 0 Å². The van der Waals surface area contributed by atoms with E-state index in [4.69, 9.17) is 23.2 Å². The summed E-state index contributed by atoms with van der Waals surface area (Å²) >= 11 is 11.6. The first-order chi connectivity index (χ1) is 6.27. The van der Waals surface area contributed by atoms with Crippen molar-refractivity contribution in [1.82, 2.24) is 15.2 Å². The molecule has 66 valence electrons. The van der Waals surface area contributed by atoms with Crippen LogP contribution in [0.3, 0.4) is 0 Å². The lowest BCUT2D eigenvalue weighted by molar-refractivity contribution is 1.09. The quantitative estimate of drug-likeness (QED) is 0.741. The van der Waals surface area contributed by atoms with Crippen LogP contribution in [0, 0.1) is 0 Å². The maximum absolute atomic E-state index is 5.95. The Balaban J connectivity index is 2.53. The molecule has 2 heterocycles. The van der Waals surface area contributed by atoms with Gasteiger partial charge in [-0.15, -0.1) is 0 Å². The summed E-state index contributed by atoms with van der Waals surface area (Å²) in [5, 5.41) is 7.48. The fraction of sp³-hybridized carbons (Fsp3) is 0. The van der Waals surface area contributed by atoms with Crippen molar-refractivity contribution < 1.29 is 0 Å². The molecule has 13 heavy (non-hydrogen) atoms. The lowest BCUT2D eigenvalue weighted by Gasteiger charge is -1.99. The fourth-order valence-electron chi connectivity index (χ4n) is 1.02. The Morgan fingerprint density at radius 3 is 2.69 bits per heavy atom. The molecule has 0 spiro atoms. The summed E-state index contributed by atoms with van der Waals surface area (Å²) in [4.78, 5) is 3.94. The third-order valence-electron chi connectivity index (χ3n) is 1.63. The number of halogens is 2. The second-order valence-electron chi connectivity index (χ2n) is 2.47. The van der Waals surface area contributed by atoms with Gasteiger partial charge in [-0.1, -0.05) is 23.2 Å². The SMILES string of the molecule is Clc1cc(Cl)c(-c2cn[nH]c2)cn1. The van der Waals surface area contributed by atoms with Gasteiger partial charge in [-0.2, -0.15) is 5.10 Å². The van der Waals surface area contributed by atoms with Gasteiger partial charge >= 0.3 is 0 Å². The van der Waals surface area contributed by atoms with E-state index >= 15 is 0 Å². The van der Waals surface area contributed by atoms with Gasteiger partial charge in [0, 0.05) is 23.5 Å². The zero-order valence-corrected chi connectivity index (χ0v) is 7.97. The molecule has 2 aromatic heterocycles. The van der Waals surface area contributed by atoms with E-state index in [0.29, 0.717) is 10.2 Å². The van der Waals surface area contributed by atoms with E-state index in [1.807, 2.05) is 0 Å². The van der Waals surface area contributed by atoms with Crippen LogP contribution in [0.5, 0.6) is 0 Å². The molecule has 0 aliphatic heterocycles. The average molecular weight is 214 g/mol. The van der Waals surface area contributed by atoms with Crippen LogP contribution in [-0.2, 0) is 0 Å². The predicted octanol–water partition coefficient (Wildman–Crippen LogP) is 2.78. The number of aromatic amines is 1. The first kappa shape index (κ1) is 8.53. The Morgan fingerprint density at radius 2 is 2.08 bits per heavy atom. The van der Waals surface area contributed by atoms with Gasteiger partial charge in [-0.25, -0.2) is 4.98 Å². The minimum Gasteiger partial charge on any atom is -0.285 e. The summed E-state index contributed by atoms with van der Waals surface area (Å²) in [6, 6.07) is 1.60. The van der Waals surface area contributed by atoms with Crippen molar-refractivity contribution in [3.8, 4) is 11.1 Å². The first-order valence-electron chi connectivity index (χ1n) is 3.57. The van der Waals surface area contributed by atoms with E-state index in [1.54, 1.807) is 24.7 Å². The minimum absolute atomic E-state index is 0.386. The van der Waals surface area contributed by atoms with Gasteiger partial charge in [0.15, 0.2) is 0 Å². The van der Waals surface area contributed by atoms with Gasteiger partial charge in [-0.05, 0) is 6.07 Å². The van der Waals surface area contributed by atoms with Crippen molar-refractivity contribution in [3.63, 3.8) is 0 Å². The zero-order valence-electron chi connectivity index (χ0n) is 6.46. The van der Waals surface area contributed by atoms with Gasteiger partial charge in [0.1, 0.15) is 5.15 Å². The van der Waals surface area contributed by atoms with Crippen LogP contribution < -0.4 is 0 Å². The highest BCUT2D eigenvalue weighted by molar-refractivity contribution is 6.35. The lowest BCUT2D eigenvalue weighted by Crippen LogP contribution is -1.80. The molecule has 0 aromatic carbocycles. The number of aromatic nitrogens is 3. The number of nitrogens with zero attached hydrogens (tertiary/aromatic N) is 2. The van der Waals surface area contributed by atoms with Gasteiger partial charge < -0.3 is 0 Å². The standard InChI is InChI=1S/C8H5Cl2N3/c9-7-1-8(10)11-4-6(7)5-2-12-13-3-5/h1-4H,(H,12,13). The van der Waals surface area contributed by atoms with E-state index in [0.717, 1.165) is 11.1 Å². The largest absolute Gasteiger partial charge is 0.285 e. The molecular weight excluding hydrogens is 209 g/mol. The van der Waals surface area contributed by atoms with Crippen LogP contribution in [0.15, 0.2) is 24.7 Å². The highest BCUT2D eigenvalue weighted by atomic mass is 35.5. The normalized spacial score (nSPS) is 10.3. The van der Waals surface area contributed by atoms with E-state index in [9.17, 15) is 0 Å². The second kappa shape index (κ2) is 3.36. The first-order valence-corrected chi connectivity index (χ1v) is 4.33. The smallest absolute Gasteiger partial charge is 0.130 e. The fourth-order valence-corrected chi connectivity index (χ4v) is 1.49. The van der Waals surface area contributed by atoms with Crippen molar-refractivity contribution in [2.75, 3.05) is 0 Å². The van der Waals surface area contributed by atoms with E-state index in [-0.39, 0.29) is 0 Å². The summed E-state index contributed by atoms with van der Waals surface area (Å²) in [6.45, 7) is 0. The molecule has 0 saturated heterocycles. The summed E-state index contributed by atoms with van der Waals surface area (Å²) in [7, 11) is 0. The molecule has 0 fully saturated rings. The molecule has 0 amide bonds. The molecule has 1 N–H and O–H groups in total. The van der Waals surface area contributed by atoms with Crippen molar-refractivity contribution in [2.45, 2.75) is 0 Å². The minimum atomic E-state index is 0.386. The van der Waals surface area contributed by atoms with Crippen molar-refractivity contribution >= 4 is 23.2 Å². The van der Waals surface area contributed by atoms with Gasteiger partial charge in [-0.3, -0.25) is 5.10 Å². The van der Waals surface area contributed by atoms with Crippen molar-refractivity contribution in [1.29, 1.82) is 0 Å². The molecule has 2 aromatic rings. The van der Waals surface area contributed by atoms with Crippen LogP contribution in [0.25, 0.3) is 11.1 Å². The molecule has 5 heteroatoms. The molecular formula is C8H5Cl2N3. The van der Waals surface area contributed by atoms with Gasteiger partial charge in [0.25, 0.3) is 0 Å². The Labute approximate surface area is 84.7 Å². The third kappa shape index (κ3) is 1.66. The molecule has 3 nitrogen and oxygen atoms in total. The van der Waals surface area contributed by atoms with Crippen LogP contribution >= 0.6 is 23.2 Å². The number of hydrogen-bond acceptors (Lipinski definition) is 2. The molecule has 0 aliphatic rings. The third-order valence-corrected chi connectivity index (χ3v) is 2.15. The number of pyridine rings is 1. The highest BCUT2D eigenvalue weighted by Crippen LogP contribution is 2.27. The summed E-state index contributed by atoms with van der Waals surface area (Å²) in [5.41, 5.74) is 1.72. The summed E-state index contributed by atoms with van der Waals surface area (Å²) in [5.74, 6) is 0. The van der Waals surface area contributed by atoms with E-state index in [1.165, 1.54) is 0 Å². The molecule has 0 radical (unpaired) electrons. The Kier molecular flexibility index (Phi) is 2.20. The maximum atomic E-state index is 5.95. The van der Waals surface area contributed by atoms with E-state index in [2.05, 4.69) is 15.2 Å². The Bertz CT molecular complexity index is 411. The van der Waals surface area contributed by atoms with Crippen molar-refractivity contribution in [2.24, 2.45) is 0 Å². The molecule has 0 unspecified atom stereocenters. The van der Waals surface area contributed by atoms with Crippen LogP contribution in [0.4, 0.5) is 0 Å². The number of hydrogen-bond donors (Lipinski definition) is 1. The summed E-state index contributed by atoms with van der Waals surface area (Å²) < 4.78 is 0. The maximum Gasteiger partial charge on any atom is 0.130 e. The zero-order chi connectivity index (χ0) is 9.26. The highest BCUT2D eigenvalue weighted by Gasteiger charge is 2.05. The number of H-pyrrole nitrogens is 1. The van der Waals surface area contributed by atoms with Crippen LogP contribution in [0.2, 0.25) is 10.2 Å². The topological polar surface area (TPSA) is 41.6 Å². The molecule has 0 atom stereocenters. The Morgan fingerprint density at radius 1 is 1.23 bits per heavy atom. The van der Waals surface area contributed by atoms with Crippen molar-refractivity contribution in [3.05, 3.63) is 34.8 Å². The number of nitrogens with one attached hydrogen (secondary N) is 1. The van der Waals surface area contributed by atoms with Gasteiger partial charge in [0.05, 0.1) is 11.2 Å². The number of rotatable bonds is 1. The summed E-state index contributed by atoms with van der Waals surface area (Å²) in [6.07, 6.45) is 5.04. The predicted molar refractivity (Wildman–Crippen MR) is 51.8 cm³/mol. The lowest BCUT2D eigenvalue weighted by atomic mass is 10.2. The van der Waals surface area contributed by atoms with Crippen LogP contribution in [-0.4, -0.2) is 15.2 Å². The molecule has 0 aliphatic carbocycles. The molecule has 2 rings (SSSR count). The molecule has 0 bridgehead atoms. The second-order valence-corrected chi connectivity index (χ2v) is 3.27. The Hall–Kier alpha value is -1.06.